The average Bonchev–Trinajstić information content (AvgIpc) is 2.61. The van der Waals surface area contributed by atoms with Gasteiger partial charge in [0.1, 0.15) is 0 Å². The van der Waals surface area contributed by atoms with Crippen molar-refractivity contribution in [3.8, 4) is 11.5 Å². The Hall–Kier alpha value is -2.69. The number of rotatable bonds is 7. The maximum atomic E-state index is 12.7. The molecular formula is C21H28N2O3. The molecule has 0 N–H and O–H groups in total. The third kappa shape index (κ3) is 4.91. The molecule has 26 heavy (non-hydrogen) atoms. The zero-order chi connectivity index (χ0) is 19.3. The number of amides is 1. The van der Waals surface area contributed by atoms with Crippen LogP contribution < -0.4 is 14.4 Å². The van der Waals surface area contributed by atoms with Crippen LogP contribution in [0.25, 0.3) is 0 Å². The first-order chi connectivity index (χ1) is 12.3. The van der Waals surface area contributed by atoms with Crippen LogP contribution in [-0.2, 0) is 6.54 Å². The van der Waals surface area contributed by atoms with Crippen LogP contribution in [-0.4, -0.2) is 45.2 Å². The molecule has 140 valence electrons. The number of hydrogen-bond donors (Lipinski definition) is 0. The second kappa shape index (κ2) is 8.61. The molecule has 0 aromatic heterocycles. The molecule has 0 fully saturated rings. The van der Waals surface area contributed by atoms with Crippen LogP contribution in [0.3, 0.4) is 0 Å². The van der Waals surface area contributed by atoms with Gasteiger partial charge >= 0.3 is 0 Å². The van der Waals surface area contributed by atoms with Crippen molar-refractivity contribution >= 4 is 11.6 Å². The molecule has 0 saturated heterocycles. The Morgan fingerprint density at radius 2 is 1.65 bits per heavy atom. The van der Waals surface area contributed by atoms with Crippen molar-refractivity contribution in [1.29, 1.82) is 0 Å². The number of methoxy groups -OCH3 is 1. The van der Waals surface area contributed by atoms with Gasteiger partial charge in [-0.3, -0.25) is 4.79 Å². The third-order valence-electron chi connectivity index (χ3n) is 3.99. The number of anilines is 1. The van der Waals surface area contributed by atoms with Gasteiger partial charge in [-0.05, 0) is 49.7 Å². The quantitative estimate of drug-likeness (QED) is 0.756. The highest BCUT2D eigenvalue weighted by Gasteiger charge is 2.16. The number of nitrogens with zero attached hydrogens (tertiary/aromatic N) is 2. The SMILES string of the molecule is COc1cc(C(=O)N(C)Cc2ccc(N(C)C)cc2)ccc1OC(C)C. The highest BCUT2D eigenvalue weighted by atomic mass is 16.5. The van der Waals surface area contributed by atoms with Crippen molar-refractivity contribution in [2.45, 2.75) is 26.5 Å². The molecule has 2 rings (SSSR count). The smallest absolute Gasteiger partial charge is 0.254 e. The van der Waals surface area contributed by atoms with Crippen molar-refractivity contribution in [1.82, 2.24) is 4.90 Å². The highest BCUT2D eigenvalue weighted by molar-refractivity contribution is 5.94. The van der Waals surface area contributed by atoms with Gasteiger partial charge in [0.25, 0.3) is 5.91 Å². The summed E-state index contributed by atoms with van der Waals surface area (Å²) in [5.74, 6) is 1.14. The van der Waals surface area contributed by atoms with Crippen molar-refractivity contribution in [3.63, 3.8) is 0 Å². The summed E-state index contributed by atoms with van der Waals surface area (Å²) in [5.41, 5.74) is 2.79. The molecule has 0 aliphatic rings. The average molecular weight is 356 g/mol. The van der Waals surface area contributed by atoms with E-state index in [9.17, 15) is 4.79 Å². The summed E-state index contributed by atoms with van der Waals surface area (Å²) < 4.78 is 11.1. The minimum absolute atomic E-state index is 0.0401. The van der Waals surface area contributed by atoms with Gasteiger partial charge in [0, 0.05) is 38.9 Å². The number of ether oxygens (including phenoxy) is 2. The molecule has 0 radical (unpaired) electrons. The summed E-state index contributed by atoms with van der Waals surface area (Å²) in [5, 5.41) is 0. The van der Waals surface area contributed by atoms with E-state index in [1.165, 1.54) is 0 Å². The van der Waals surface area contributed by atoms with E-state index in [-0.39, 0.29) is 12.0 Å². The Labute approximate surface area is 156 Å². The normalized spacial score (nSPS) is 10.6. The number of carbonyl (C=O) groups is 1. The van der Waals surface area contributed by atoms with E-state index < -0.39 is 0 Å². The second-order valence-electron chi connectivity index (χ2n) is 6.75. The van der Waals surface area contributed by atoms with E-state index in [0.29, 0.717) is 23.6 Å². The van der Waals surface area contributed by atoms with Crippen molar-refractivity contribution in [3.05, 3.63) is 53.6 Å². The Kier molecular flexibility index (Phi) is 6.50. The van der Waals surface area contributed by atoms with Crippen LogP contribution in [0.4, 0.5) is 5.69 Å². The van der Waals surface area contributed by atoms with Crippen LogP contribution in [0.2, 0.25) is 0 Å². The van der Waals surface area contributed by atoms with E-state index in [1.807, 2.05) is 45.0 Å². The van der Waals surface area contributed by atoms with Crippen LogP contribution in [0.1, 0.15) is 29.8 Å². The fourth-order valence-corrected chi connectivity index (χ4v) is 2.62. The van der Waals surface area contributed by atoms with Gasteiger partial charge in [0.15, 0.2) is 11.5 Å². The molecule has 0 heterocycles. The lowest BCUT2D eigenvalue weighted by Gasteiger charge is -2.20. The zero-order valence-corrected chi connectivity index (χ0v) is 16.4. The molecule has 0 aliphatic heterocycles. The van der Waals surface area contributed by atoms with Crippen LogP contribution in [0, 0.1) is 0 Å². The van der Waals surface area contributed by atoms with Gasteiger partial charge in [-0.25, -0.2) is 0 Å². The van der Waals surface area contributed by atoms with Crippen molar-refractivity contribution in [2.75, 3.05) is 33.2 Å². The summed E-state index contributed by atoms with van der Waals surface area (Å²) >= 11 is 0. The van der Waals surface area contributed by atoms with E-state index in [2.05, 4.69) is 12.1 Å². The third-order valence-corrected chi connectivity index (χ3v) is 3.99. The molecule has 0 atom stereocenters. The maximum Gasteiger partial charge on any atom is 0.254 e. The lowest BCUT2D eigenvalue weighted by atomic mass is 10.1. The van der Waals surface area contributed by atoms with Gasteiger partial charge in [-0.15, -0.1) is 0 Å². The summed E-state index contributed by atoms with van der Waals surface area (Å²) in [4.78, 5) is 16.5. The summed E-state index contributed by atoms with van der Waals surface area (Å²) in [6.07, 6.45) is 0.0401. The molecule has 0 unspecified atom stereocenters. The lowest BCUT2D eigenvalue weighted by molar-refractivity contribution is 0.0784. The zero-order valence-electron chi connectivity index (χ0n) is 16.4. The Morgan fingerprint density at radius 1 is 1.00 bits per heavy atom. The molecule has 0 aliphatic carbocycles. The molecule has 0 bridgehead atoms. The van der Waals surface area contributed by atoms with E-state index in [4.69, 9.17) is 9.47 Å². The lowest BCUT2D eigenvalue weighted by Crippen LogP contribution is -2.26. The van der Waals surface area contributed by atoms with E-state index >= 15 is 0 Å². The summed E-state index contributed by atoms with van der Waals surface area (Å²) in [6, 6.07) is 13.5. The molecular weight excluding hydrogens is 328 g/mol. The first-order valence-electron chi connectivity index (χ1n) is 8.68. The fourth-order valence-electron chi connectivity index (χ4n) is 2.62. The van der Waals surface area contributed by atoms with Gasteiger partial charge < -0.3 is 19.3 Å². The molecule has 1 amide bonds. The van der Waals surface area contributed by atoms with Gasteiger partial charge in [-0.1, -0.05) is 12.1 Å². The largest absolute Gasteiger partial charge is 0.493 e. The molecule has 5 nitrogen and oxygen atoms in total. The number of benzene rings is 2. The summed E-state index contributed by atoms with van der Waals surface area (Å²) in [6.45, 7) is 4.45. The first kappa shape index (κ1) is 19.6. The number of hydrogen-bond acceptors (Lipinski definition) is 4. The number of carbonyl (C=O) groups excluding carboxylic acids is 1. The van der Waals surface area contributed by atoms with Crippen LogP contribution >= 0.6 is 0 Å². The molecule has 0 spiro atoms. The fraction of sp³-hybridized carbons (Fsp3) is 0.381. The Bertz CT molecular complexity index is 739. The van der Waals surface area contributed by atoms with Gasteiger partial charge in [0.2, 0.25) is 0 Å². The van der Waals surface area contributed by atoms with Crippen LogP contribution in [0.5, 0.6) is 11.5 Å². The topological polar surface area (TPSA) is 42.0 Å². The molecule has 2 aromatic carbocycles. The standard InChI is InChI=1S/C21H28N2O3/c1-15(2)26-19-12-9-17(13-20(19)25-6)21(24)23(5)14-16-7-10-18(11-8-16)22(3)4/h7-13,15H,14H2,1-6H3. The molecule has 0 saturated carbocycles. The first-order valence-corrected chi connectivity index (χ1v) is 8.68. The van der Waals surface area contributed by atoms with E-state index in [0.717, 1.165) is 11.3 Å². The van der Waals surface area contributed by atoms with Gasteiger partial charge in [-0.2, -0.15) is 0 Å². The van der Waals surface area contributed by atoms with Crippen molar-refractivity contribution < 1.29 is 14.3 Å². The van der Waals surface area contributed by atoms with Gasteiger partial charge in [0.05, 0.1) is 13.2 Å². The highest BCUT2D eigenvalue weighted by Crippen LogP contribution is 2.29. The molecule has 2 aromatic rings. The Balaban J connectivity index is 2.12. The predicted molar refractivity (Wildman–Crippen MR) is 105 cm³/mol. The minimum atomic E-state index is -0.0592. The Morgan fingerprint density at radius 3 is 2.19 bits per heavy atom. The minimum Gasteiger partial charge on any atom is -0.493 e. The molecule has 5 heteroatoms. The maximum absolute atomic E-state index is 12.7. The van der Waals surface area contributed by atoms with Crippen molar-refractivity contribution in [2.24, 2.45) is 0 Å². The predicted octanol–water partition coefficient (Wildman–Crippen LogP) is 3.82. The van der Waals surface area contributed by atoms with Crippen LogP contribution in [0.15, 0.2) is 42.5 Å². The monoisotopic (exact) mass is 356 g/mol. The second-order valence-corrected chi connectivity index (χ2v) is 6.75. The van der Waals surface area contributed by atoms with E-state index in [1.54, 1.807) is 37.3 Å². The summed E-state index contributed by atoms with van der Waals surface area (Å²) in [7, 11) is 7.38.